The molecule has 0 spiro atoms. The molecule has 1 fully saturated rings. The van der Waals surface area contributed by atoms with Crippen LogP contribution in [-0.4, -0.2) is 62.5 Å². The minimum absolute atomic E-state index is 0.103. The number of hydrogen-bond donors (Lipinski definition) is 3. The lowest BCUT2D eigenvalue weighted by Crippen LogP contribution is -2.52. The molecule has 8 nitrogen and oxygen atoms in total. The van der Waals surface area contributed by atoms with Gasteiger partial charge in [-0.2, -0.15) is 0 Å². The maximum atomic E-state index is 10.7. The fraction of sp³-hybridized carbons (Fsp3) is 0.625. The van der Waals surface area contributed by atoms with Gasteiger partial charge in [-0.15, -0.1) is 0 Å². The van der Waals surface area contributed by atoms with Gasteiger partial charge in [0.15, 0.2) is 0 Å². The average Bonchev–Trinajstić information content (AvgIpc) is 2.16. The summed E-state index contributed by atoms with van der Waals surface area (Å²) in [5.74, 6) is 0. The molecule has 1 unspecified atom stereocenters. The van der Waals surface area contributed by atoms with Gasteiger partial charge in [0.25, 0.3) is 0 Å². The van der Waals surface area contributed by atoms with Gasteiger partial charge in [-0.1, -0.05) is 0 Å². The fourth-order valence-corrected chi connectivity index (χ4v) is 1.73. The second-order valence-corrected chi connectivity index (χ2v) is 3.46. The number of rotatable bonds is 1. The topological polar surface area (TPSA) is 118 Å². The predicted molar refractivity (Wildman–Crippen MR) is 50.5 cm³/mol. The molecule has 1 heterocycles. The van der Waals surface area contributed by atoms with Crippen molar-refractivity contribution in [2.24, 2.45) is 0 Å². The normalized spacial score (nSPS) is 20.2. The van der Waals surface area contributed by atoms with E-state index in [1.165, 1.54) is 0 Å². The molecule has 1 atom stereocenters. The molecule has 0 aromatic heterocycles. The molecule has 1 aliphatic heterocycles. The Balaban J connectivity index is 2.74. The number of carbonyl (C=O) groups is 3. The second-order valence-electron chi connectivity index (χ2n) is 3.46. The lowest BCUT2D eigenvalue weighted by Gasteiger charge is -2.34. The molecule has 8 heteroatoms. The van der Waals surface area contributed by atoms with Crippen LogP contribution in [-0.2, 0) is 0 Å². The first-order chi connectivity index (χ1) is 7.43. The number of likely N-dealkylation sites (tertiary alicyclic amines) is 1. The summed E-state index contributed by atoms with van der Waals surface area (Å²) >= 11 is 0. The predicted octanol–water partition coefficient (Wildman–Crippen LogP) is 0.787. The molecular formula is C8H12N2O6. The Morgan fingerprint density at radius 3 is 2.12 bits per heavy atom. The first-order valence-electron chi connectivity index (χ1n) is 4.66. The SMILES string of the molecule is O=C(O)N1CCCC(N(C(=O)O)C(=O)O)C1. The summed E-state index contributed by atoms with van der Waals surface area (Å²) in [4.78, 5) is 33.3. The first kappa shape index (κ1) is 12.1. The van der Waals surface area contributed by atoms with E-state index >= 15 is 0 Å². The highest BCUT2D eigenvalue weighted by atomic mass is 16.4. The third-order valence-corrected chi connectivity index (χ3v) is 2.44. The molecule has 0 aliphatic carbocycles. The van der Waals surface area contributed by atoms with E-state index in [1.807, 2.05) is 0 Å². The van der Waals surface area contributed by atoms with Crippen LogP contribution in [0.4, 0.5) is 14.4 Å². The zero-order valence-corrected chi connectivity index (χ0v) is 8.37. The van der Waals surface area contributed by atoms with Crippen LogP contribution in [0.1, 0.15) is 12.8 Å². The highest BCUT2D eigenvalue weighted by Crippen LogP contribution is 2.16. The molecule has 0 saturated carbocycles. The molecular weight excluding hydrogens is 220 g/mol. The van der Waals surface area contributed by atoms with Crippen LogP contribution in [0.25, 0.3) is 0 Å². The fourth-order valence-electron chi connectivity index (χ4n) is 1.73. The van der Waals surface area contributed by atoms with Crippen LogP contribution >= 0.6 is 0 Å². The Morgan fingerprint density at radius 1 is 1.12 bits per heavy atom. The van der Waals surface area contributed by atoms with Gasteiger partial charge >= 0.3 is 18.3 Å². The summed E-state index contributed by atoms with van der Waals surface area (Å²) in [7, 11) is 0. The molecule has 0 radical (unpaired) electrons. The third-order valence-electron chi connectivity index (χ3n) is 2.44. The van der Waals surface area contributed by atoms with Gasteiger partial charge in [0.2, 0.25) is 0 Å². The van der Waals surface area contributed by atoms with Gasteiger partial charge in [0, 0.05) is 13.1 Å². The van der Waals surface area contributed by atoms with Crippen molar-refractivity contribution in [3.8, 4) is 0 Å². The summed E-state index contributed by atoms with van der Waals surface area (Å²) in [5, 5.41) is 26.1. The molecule has 1 aliphatic rings. The van der Waals surface area contributed by atoms with Gasteiger partial charge in [0.1, 0.15) is 0 Å². The highest BCUT2D eigenvalue weighted by molar-refractivity contribution is 5.86. The third kappa shape index (κ3) is 2.53. The van der Waals surface area contributed by atoms with Crippen LogP contribution in [0.3, 0.4) is 0 Å². The molecule has 0 bridgehead atoms. The van der Waals surface area contributed by atoms with E-state index in [9.17, 15) is 14.4 Å². The molecule has 1 saturated heterocycles. The summed E-state index contributed by atoms with van der Waals surface area (Å²) in [6.07, 6.45) is -3.52. The van der Waals surface area contributed by atoms with E-state index < -0.39 is 24.3 Å². The van der Waals surface area contributed by atoms with Gasteiger partial charge in [-0.05, 0) is 12.8 Å². The van der Waals surface area contributed by atoms with Crippen LogP contribution in [0.15, 0.2) is 0 Å². The van der Waals surface area contributed by atoms with Crippen molar-refractivity contribution >= 4 is 18.3 Å². The second kappa shape index (κ2) is 4.69. The minimum atomic E-state index is -1.58. The molecule has 3 amide bonds. The molecule has 0 aromatic rings. The standard InChI is InChI=1S/C8H12N2O6/c11-6(12)9-3-1-2-5(4-9)10(7(13)14)8(15)16/h5H,1-4H2,(H,11,12)(H,13,14)(H,15,16). The zero-order chi connectivity index (χ0) is 12.3. The summed E-state index contributed by atoms with van der Waals surface area (Å²) in [5.41, 5.74) is 0. The van der Waals surface area contributed by atoms with E-state index in [1.54, 1.807) is 0 Å². The van der Waals surface area contributed by atoms with Gasteiger partial charge < -0.3 is 20.2 Å². The average molecular weight is 232 g/mol. The summed E-state index contributed by atoms with van der Waals surface area (Å²) in [6.45, 7) is 0.201. The largest absolute Gasteiger partial charge is 0.465 e. The minimum Gasteiger partial charge on any atom is -0.465 e. The van der Waals surface area contributed by atoms with Crippen molar-refractivity contribution in [3.63, 3.8) is 0 Å². The van der Waals surface area contributed by atoms with Crippen molar-refractivity contribution in [3.05, 3.63) is 0 Å². The van der Waals surface area contributed by atoms with E-state index in [0.717, 1.165) is 4.90 Å². The van der Waals surface area contributed by atoms with E-state index in [2.05, 4.69) is 0 Å². The Labute approximate surface area is 90.7 Å². The van der Waals surface area contributed by atoms with Crippen molar-refractivity contribution in [1.82, 2.24) is 9.80 Å². The number of piperidine rings is 1. The Kier molecular flexibility index (Phi) is 3.54. The van der Waals surface area contributed by atoms with Crippen LogP contribution in [0, 0.1) is 0 Å². The monoisotopic (exact) mass is 232 g/mol. The Bertz CT molecular complexity index is 304. The summed E-state index contributed by atoms with van der Waals surface area (Å²) in [6, 6.07) is -0.820. The smallest absolute Gasteiger partial charge is 0.417 e. The maximum Gasteiger partial charge on any atom is 0.417 e. The van der Waals surface area contributed by atoms with Gasteiger partial charge in [-0.25, -0.2) is 19.3 Å². The van der Waals surface area contributed by atoms with E-state index in [-0.39, 0.29) is 11.4 Å². The lowest BCUT2D eigenvalue weighted by molar-refractivity contribution is 0.0731. The van der Waals surface area contributed by atoms with Crippen molar-refractivity contribution in [2.45, 2.75) is 18.9 Å². The summed E-state index contributed by atoms with van der Waals surface area (Å²) < 4.78 is 0. The van der Waals surface area contributed by atoms with Crippen molar-refractivity contribution in [1.29, 1.82) is 0 Å². The molecule has 3 N–H and O–H groups in total. The van der Waals surface area contributed by atoms with Crippen LogP contribution < -0.4 is 0 Å². The van der Waals surface area contributed by atoms with Gasteiger partial charge in [0.05, 0.1) is 6.04 Å². The molecule has 16 heavy (non-hydrogen) atoms. The van der Waals surface area contributed by atoms with Crippen LogP contribution in [0.2, 0.25) is 0 Å². The quantitative estimate of drug-likeness (QED) is 0.614. The lowest BCUT2D eigenvalue weighted by atomic mass is 10.1. The van der Waals surface area contributed by atoms with Crippen molar-refractivity contribution in [2.75, 3.05) is 13.1 Å². The number of imide groups is 1. The van der Waals surface area contributed by atoms with E-state index in [4.69, 9.17) is 15.3 Å². The number of nitrogens with zero attached hydrogens (tertiary/aromatic N) is 2. The number of amides is 3. The Hall–Kier alpha value is -1.99. The highest BCUT2D eigenvalue weighted by Gasteiger charge is 2.34. The van der Waals surface area contributed by atoms with Crippen LogP contribution in [0.5, 0.6) is 0 Å². The molecule has 1 rings (SSSR count). The molecule has 0 aromatic carbocycles. The van der Waals surface area contributed by atoms with E-state index in [0.29, 0.717) is 19.4 Å². The number of hydrogen-bond acceptors (Lipinski definition) is 3. The van der Waals surface area contributed by atoms with Crippen molar-refractivity contribution < 1.29 is 29.7 Å². The van der Waals surface area contributed by atoms with Gasteiger partial charge in [-0.3, -0.25) is 0 Å². The first-order valence-corrected chi connectivity index (χ1v) is 4.66. The molecule has 90 valence electrons. The Morgan fingerprint density at radius 2 is 1.69 bits per heavy atom. The zero-order valence-electron chi connectivity index (χ0n) is 8.37. The number of carboxylic acid groups (broad SMARTS) is 3. The maximum absolute atomic E-state index is 10.7.